The number of rotatable bonds is 3. The van der Waals surface area contributed by atoms with E-state index in [1.807, 2.05) is 0 Å². The van der Waals surface area contributed by atoms with Gasteiger partial charge in [-0.2, -0.15) is 8.42 Å². The average molecular weight is 317 g/mol. The summed E-state index contributed by atoms with van der Waals surface area (Å²) < 4.78 is 26.7. The van der Waals surface area contributed by atoms with Crippen molar-refractivity contribution >= 4 is 37.3 Å². The van der Waals surface area contributed by atoms with Crippen LogP contribution in [0.5, 0.6) is 0 Å². The number of halogens is 1. The Morgan fingerprint density at radius 3 is 2.76 bits per heavy atom. The van der Waals surface area contributed by atoms with Gasteiger partial charge in [0, 0.05) is 10.2 Å². The first-order valence-corrected chi connectivity index (χ1v) is 6.83. The maximum absolute atomic E-state index is 11.8. The van der Waals surface area contributed by atoms with Crippen molar-refractivity contribution in [1.29, 1.82) is 0 Å². The fourth-order valence-electron chi connectivity index (χ4n) is 1.21. The van der Waals surface area contributed by atoms with Crippen LogP contribution < -0.4 is 10.5 Å². The van der Waals surface area contributed by atoms with E-state index in [1.165, 1.54) is 18.6 Å². The Morgan fingerprint density at radius 2 is 2.18 bits per heavy atom. The molecule has 0 aliphatic rings. The van der Waals surface area contributed by atoms with Crippen LogP contribution in [0.2, 0.25) is 0 Å². The van der Waals surface area contributed by atoms with Gasteiger partial charge in [-0.1, -0.05) is 0 Å². The minimum absolute atomic E-state index is 0.000935. The molecule has 4 N–H and O–H groups in total. The standard InChI is InChI=1S/C9H9BrN4O2S/c10-7-2-1-6(3-8(7)11)14-17(15,16)9-4-12-5-13-9/h1-5,14H,11H2,(H,12,13). The molecule has 0 aliphatic heterocycles. The maximum Gasteiger partial charge on any atom is 0.278 e. The monoisotopic (exact) mass is 316 g/mol. The number of anilines is 2. The molecular formula is C9H9BrN4O2S. The zero-order valence-electron chi connectivity index (χ0n) is 8.51. The Balaban J connectivity index is 2.30. The van der Waals surface area contributed by atoms with Gasteiger partial charge in [-0.05, 0) is 34.1 Å². The van der Waals surface area contributed by atoms with Crippen LogP contribution in [-0.2, 0) is 10.0 Å². The lowest BCUT2D eigenvalue weighted by atomic mass is 10.3. The molecule has 0 spiro atoms. The van der Waals surface area contributed by atoms with Crippen LogP contribution in [0, 0.1) is 0 Å². The summed E-state index contributed by atoms with van der Waals surface area (Å²) in [6.07, 6.45) is 2.52. The molecule has 2 aromatic rings. The van der Waals surface area contributed by atoms with Crippen molar-refractivity contribution < 1.29 is 8.42 Å². The SMILES string of the molecule is Nc1cc(NS(=O)(=O)c2cnc[nH]2)ccc1Br. The molecule has 6 nitrogen and oxygen atoms in total. The van der Waals surface area contributed by atoms with Gasteiger partial charge in [0.15, 0.2) is 5.03 Å². The van der Waals surface area contributed by atoms with Crippen molar-refractivity contribution in [2.75, 3.05) is 10.5 Å². The van der Waals surface area contributed by atoms with Crippen molar-refractivity contribution in [2.24, 2.45) is 0 Å². The number of aromatic amines is 1. The minimum Gasteiger partial charge on any atom is -0.398 e. The van der Waals surface area contributed by atoms with Gasteiger partial charge >= 0.3 is 0 Å². The second kappa shape index (κ2) is 4.38. The minimum atomic E-state index is -3.64. The van der Waals surface area contributed by atoms with Crippen LogP contribution in [0.3, 0.4) is 0 Å². The van der Waals surface area contributed by atoms with E-state index in [9.17, 15) is 8.42 Å². The Labute approximate surface area is 106 Å². The van der Waals surface area contributed by atoms with E-state index in [4.69, 9.17) is 5.73 Å². The fourth-order valence-corrected chi connectivity index (χ4v) is 2.41. The van der Waals surface area contributed by atoms with E-state index >= 15 is 0 Å². The third-order valence-corrected chi connectivity index (χ3v) is 4.04. The van der Waals surface area contributed by atoms with E-state index in [1.54, 1.807) is 12.1 Å². The van der Waals surface area contributed by atoms with Crippen molar-refractivity contribution in [3.05, 3.63) is 35.2 Å². The lowest BCUT2D eigenvalue weighted by molar-refractivity contribution is 0.598. The smallest absolute Gasteiger partial charge is 0.278 e. The van der Waals surface area contributed by atoms with Crippen LogP contribution in [0.4, 0.5) is 11.4 Å². The molecule has 2 rings (SSSR count). The summed E-state index contributed by atoms with van der Waals surface area (Å²) in [7, 11) is -3.64. The number of nitrogens with two attached hydrogens (primary N) is 1. The van der Waals surface area contributed by atoms with Crippen molar-refractivity contribution in [3.8, 4) is 0 Å². The van der Waals surface area contributed by atoms with E-state index in [-0.39, 0.29) is 5.03 Å². The molecule has 0 bridgehead atoms. The molecular weight excluding hydrogens is 308 g/mol. The van der Waals surface area contributed by atoms with Gasteiger partial charge in [0.25, 0.3) is 10.0 Å². The number of benzene rings is 1. The second-order valence-corrected chi connectivity index (χ2v) is 5.76. The average Bonchev–Trinajstić information content (AvgIpc) is 2.77. The largest absolute Gasteiger partial charge is 0.398 e. The van der Waals surface area contributed by atoms with Crippen LogP contribution in [-0.4, -0.2) is 18.4 Å². The molecule has 0 radical (unpaired) electrons. The Morgan fingerprint density at radius 1 is 1.41 bits per heavy atom. The molecule has 0 amide bonds. The molecule has 0 saturated carbocycles. The summed E-state index contributed by atoms with van der Waals surface area (Å²) in [6.45, 7) is 0. The highest BCUT2D eigenvalue weighted by atomic mass is 79.9. The highest BCUT2D eigenvalue weighted by Crippen LogP contribution is 2.24. The van der Waals surface area contributed by atoms with Crippen molar-refractivity contribution in [3.63, 3.8) is 0 Å². The quantitative estimate of drug-likeness (QED) is 0.748. The van der Waals surface area contributed by atoms with Gasteiger partial charge in [-0.15, -0.1) is 0 Å². The molecule has 1 aromatic carbocycles. The summed E-state index contributed by atoms with van der Waals surface area (Å²) in [5, 5.41) is -0.000935. The molecule has 8 heteroatoms. The number of nitrogen functional groups attached to an aromatic ring is 1. The highest BCUT2D eigenvalue weighted by molar-refractivity contribution is 9.10. The van der Waals surface area contributed by atoms with E-state index in [0.29, 0.717) is 15.8 Å². The first kappa shape index (κ1) is 11.9. The van der Waals surface area contributed by atoms with Crippen molar-refractivity contribution in [2.45, 2.75) is 5.03 Å². The topological polar surface area (TPSA) is 101 Å². The summed E-state index contributed by atoms with van der Waals surface area (Å²) in [6, 6.07) is 4.80. The van der Waals surface area contributed by atoms with Gasteiger partial charge in [0.05, 0.1) is 18.2 Å². The summed E-state index contributed by atoms with van der Waals surface area (Å²) in [5.74, 6) is 0. The predicted octanol–water partition coefficient (Wildman–Crippen LogP) is 1.56. The zero-order chi connectivity index (χ0) is 12.5. The maximum atomic E-state index is 11.8. The lowest BCUT2D eigenvalue weighted by Gasteiger charge is -2.07. The van der Waals surface area contributed by atoms with Crippen LogP contribution in [0.1, 0.15) is 0 Å². The van der Waals surface area contributed by atoms with Gasteiger partial charge in [-0.25, -0.2) is 4.98 Å². The normalized spacial score (nSPS) is 11.4. The lowest BCUT2D eigenvalue weighted by Crippen LogP contribution is -2.13. The zero-order valence-corrected chi connectivity index (χ0v) is 10.9. The van der Waals surface area contributed by atoms with Gasteiger partial charge in [-0.3, -0.25) is 4.72 Å². The summed E-state index contributed by atoms with van der Waals surface area (Å²) >= 11 is 3.23. The Bertz CT molecular complexity index is 624. The number of imidazole rings is 1. The number of aromatic nitrogens is 2. The Kier molecular flexibility index (Phi) is 3.07. The Hall–Kier alpha value is -1.54. The van der Waals surface area contributed by atoms with Crippen LogP contribution in [0.15, 0.2) is 40.2 Å². The van der Waals surface area contributed by atoms with Gasteiger partial charge < -0.3 is 10.7 Å². The number of nitrogens with zero attached hydrogens (tertiary/aromatic N) is 1. The first-order chi connectivity index (χ1) is 7.99. The molecule has 0 saturated heterocycles. The molecule has 0 unspecified atom stereocenters. The second-order valence-electron chi connectivity index (χ2n) is 3.26. The number of sulfonamides is 1. The third kappa shape index (κ3) is 2.59. The van der Waals surface area contributed by atoms with Gasteiger partial charge in [0.2, 0.25) is 0 Å². The number of nitrogens with one attached hydrogen (secondary N) is 2. The molecule has 1 heterocycles. The molecule has 90 valence electrons. The van der Waals surface area contributed by atoms with Crippen molar-refractivity contribution in [1.82, 2.24) is 9.97 Å². The highest BCUT2D eigenvalue weighted by Gasteiger charge is 2.15. The fraction of sp³-hybridized carbons (Fsp3) is 0. The number of H-pyrrole nitrogens is 1. The van der Waals surface area contributed by atoms with E-state index in [2.05, 4.69) is 30.6 Å². The molecule has 0 atom stereocenters. The summed E-state index contributed by atoms with van der Waals surface area (Å²) in [5.41, 5.74) is 6.50. The van der Waals surface area contributed by atoms with Crippen LogP contribution >= 0.6 is 15.9 Å². The van der Waals surface area contributed by atoms with E-state index < -0.39 is 10.0 Å². The molecule has 1 aromatic heterocycles. The molecule has 17 heavy (non-hydrogen) atoms. The van der Waals surface area contributed by atoms with Gasteiger partial charge in [0.1, 0.15) is 0 Å². The third-order valence-electron chi connectivity index (χ3n) is 2.01. The van der Waals surface area contributed by atoms with E-state index in [0.717, 1.165) is 0 Å². The number of hydrogen-bond donors (Lipinski definition) is 3. The van der Waals surface area contributed by atoms with Crippen LogP contribution in [0.25, 0.3) is 0 Å². The summed E-state index contributed by atoms with van der Waals surface area (Å²) in [4.78, 5) is 6.18. The molecule has 0 fully saturated rings. The first-order valence-electron chi connectivity index (χ1n) is 4.55. The number of hydrogen-bond acceptors (Lipinski definition) is 4. The predicted molar refractivity (Wildman–Crippen MR) is 68.0 cm³/mol. The molecule has 0 aliphatic carbocycles.